The number of anilines is 1. The molecule has 2 aromatic heterocycles. The van der Waals surface area contributed by atoms with Crippen molar-refractivity contribution in [2.75, 3.05) is 18.0 Å². The van der Waals surface area contributed by atoms with Gasteiger partial charge in [0.15, 0.2) is 5.82 Å². The number of hydrogen-bond acceptors (Lipinski definition) is 5. The van der Waals surface area contributed by atoms with Gasteiger partial charge in [-0.1, -0.05) is 0 Å². The molecular formula is C16H21N5O. The summed E-state index contributed by atoms with van der Waals surface area (Å²) in [5.74, 6) is 1.88. The molecule has 1 aliphatic heterocycles. The van der Waals surface area contributed by atoms with Crippen LogP contribution in [0, 0.1) is 20.8 Å². The Morgan fingerprint density at radius 1 is 1.32 bits per heavy atom. The molecule has 0 radical (unpaired) electrons. The van der Waals surface area contributed by atoms with E-state index >= 15 is 0 Å². The number of aromatic amines is 1. The molecule has 2 aromatic rings. The lowest BCUT2D eigenvalue weighted by Crippen LogP contribution is -2.36. The lowest BCUT2D eigenvalue weighted by molar-refractivity contribution is 0.494. The van der Waals surface area contributed by atoms with E-state index in [-0.39, 0.29) is 11.5 Å². The van der Waals surface area contributed by atoms with Gasteiger partial charge in [0.25, 0.3) is 5.56 Å². The van der Waals surface area contributed by atoms with Gasteiger partial charge in [-0.3, -0.25) is 4.79 Å². The molecular weight excluding hydrogens is 278 g/mol. The summed E-state index contributed by atoms with van der Waals surface area (Å²) in [5, 5.41) is 8.40. The summed E-state index contributed by atoms with van der Waals surface area (Å²) < 4.78 is 0. The largest absolute Gasteiger partial charge is 0.354 e. The fourth-order valence-corrected chi connectivity index (χ4v) is 3.04. The molecule has 3 heterocycles. The van der Waals surface area contributed by atoms with Crippen molar-refractivity contribution < 1.29 is 0 Å². The monoisotopic (exact) mass is 299 g/mol. The fourth-order valence-electron chi connectivity index (χ4n) is 3.04. The van der Waals surface area contributed by atoms with Crippen LogP contribution in [0.4, 0.5) is 5.82 Å². The number of nitrogens with one attached hydrogen (secondary N) is 1. The Labute approximate surface area is 129 Å². The second-order valence-electron chi connectivity index (χ2n) is 6.02. The molecule has 1 atom stereocenters. The Balaban J connectivity index is 1.88. The number of H-pyrrole nitrogens is 1. The van der Waals surface area contributed by atoms with Crippen LogP contribution in [0.2, 0.25) is 0 Å². The van der Waals surface area contributed by atoms with E-state index in [9.17, 15) is 4.79 Å². The molecule has 1 N–H and O–H groups in total. The van der Waals surface area contributed by atoms with Crippen molar-refractivity contribution in [2.24, 2.45) is 0 Å². The standard InChI is InChI=1S/C16H21N5O/c1-10-8-17-20-16(11(10)2)21-6-4-5-13(9-21)14-7-15(22)19-12(3)18-14/h7-8,13H,4-6,9H2,1-3H3,(H,18,19,22). The van der Waals surface area contributed by atoms with Gasteiger partial charge in [0.05, 0.1) is 11.9 Å². The Bertz CT molecular complexity index is 740. The summed E-state index contributed by atoms with van der Waals surface area (Å²) in [6, 6.07) is 1.62. The van der Waals surface area contributed by atoms with Crippen LogP contribution in [0.15, 0.2) is 17.1 Å². The van der Waals surface area contributed by atoms with Crippen molar-refractivity contribution in [1.29, 1.82) is 0 Å². The SMILES string of the molecule is Cc1nc(C2CCCN(c3nncc(C)c3C)C2)cc(=O)[nH]1. The number of piperidine rings is 1. The molecule has 116 valence electrons. The van der Waals surface area contributed by atoms with E-state index in [0.717, 1.165) is 43.0 Å². The summed E-state index contributed by atoms with van der Waals surface area (Å²) in [6.45, 7) is 7.75. The van der Waals surface area contributed by atoms with Gasteiger partial charge in [0.2, 0.25) is 0 Å². The molecule has 0 saturated carbocycles. The molecule has 0 bridgehead atoms. The first-order chi connectivity index (χ1) is 10.5. The topological polar surface area (TPSA) is 74.8 Å². The molecule has 1 saturated heterocycles. The molecule has 0 aromatic carbocycles. The highest BCUT2D eigenvalue weighted by Crippen LogP contribution is 2.29. The first-order valence-electron chi connectivity index (χ1n) is 7.66. The third kappa shape index (κ3) is 2.86. The zero-order valence-electron chi connectivity index (χ0n) is 13.3. The second-order valence-corrected chi connectivity index (χ2v) is 6.02. The van der Waals surface area contributed by atoms with Crippen LogP contribution in [-0.4, -0.2) is 33.3 Å². The smallest absolute Gasteiger partial charge is 0.251 e. The van der Waals surface area contributed by atoms with Crippen molar-refractivity contribution in [3.05, 3.63) is 45.3 Å². The minimum atomic E-state index is -0.0776. The highest BCUT2D eigenvalue weighted by Gasteiger charge is 2.25. The lowest BCUT2D eigenvalue weighted by Gasteiger charge is -2.34. The predicted octanol–water partition coefficient (Wildman–Crippen LogP) is 1.87. The first-order valence-corrected chi connectivity index (χ1v) is 7.66. The molecule has 3 rings (SSSR count). The average molecular weight is 299 g/mol. The maximum absolute atomic E-state index is 11.7. The van der Waals surface area contributed by atoms with E-state index in [4.69, 9.17) is 0 Å². The first kappa shape index (κ1) is 14.7. The zero-order chi connectivity index (χ0) is 15.7. The van der Waals surface area contributed by atoms with E-state index in [1.54, 1.807) is 12.3 Å². The Kier molecular flexibility index (Phi) is 3.92. The van der Waals surface area contributed by atoms with Crippen LogP contribution in [0.1, 0.15) is 41.4 Å². The minimum Gasteiger partial charge on any atom is -0.354 e. The van der Waals surface area contributed by atoms with Crippen LogP contribution in [0.5, 0.6) is 0 Å². The highest BCUT2D eigenvalue weighted by molar-refractivity contribution is 5.49. The molecule has 1 unspecified atom stereocenters. The van der Waals surface area contributed by atoms with Crippen LogP contribution in [0.3, 0.4) is 0 Å². The lowest BCUT2D eigenvalue weighted by atomic mass is 9.94. The number of aryl methyl sites for hydroxylation is 2. The van der Waals surface area contributed by atoms with Crippen molar-refractivity contribution >= 4 is 5.82 Å². The molecule has 6 heteroatoms. The second kappa shape index (κ2) is 5.87. The maximum Gasteiger partial charge on any atom is 0.251 e. The molecule has 0 amide bonds. The summed E-state index contributed by atoms with van der Waals surface area (Å²) in [5.41, 5.74) is 3.12. The zero-order valence-corrected chi connectivity index (χ0v) is 13.3. The number of aromatic nitrogens is 4. The van der Waals surface area contributed by atoms with Crippen LogP contribution < -0.4 is 10.5 Å². The van der Waals surface area contributed by atoms with E-state index in [1.807, 2.05) is 6.92 Å². The third-order valence-corrected chi connectivity index (χ3v) is 4.35. The Morgan fingerprint density at radius 3 is 2.91 bits per heavy atom. The molecule has 0 aliphatic carbocycles. The van der Waals surface area contributed by atoms with Gasteiger partial charge in [0.1, 0.15) is 5.82 Å². The van der Waals surface area contributed by atoms with E-state index in [2.05, 4.69) is 38.9 Å². The van der Waals surface area contributed by atoms with Crippen molar-refractivity contribution in [1.82, 2.24) is 20.2 Å². The van der Waals surface area contributed by atoms with E-state index < -0.39 is 0 Å². The maximum atomic E-state index is 11.7. The Morgan fingerprint density at radius 2 is 2.14 bits per heavy atom. The normalized spacial score (nSPS) is 18.5. The minimum absolute atomic E-state index is 0.0776. The molecule has 22 heavy (non-hydrogen) atoms. The van der Waals surface area contributed by atoms with Gasteiger partial charge in [-0.15, -0.1) is 5.10 Å². The molecule has 6 nitrogen and oxygen atoms in total. The highest BCUT2D eigenvalue weighted by atomic mass is 16.1. The van der Waals surface area contributed by atoms with E-state index in [0.29, 0.717) is 5.82 Å². The molecule has 1 fully saturated rings. The van der Waals surface area contributed by atoms with Gasteiger partial charge < -0.3 is 9.88 Å². The van der Waals surface area contributed by atoms with Gasteiger partial charge in [-0.2, -0.15) is 5.10 Å². The quantitative estimate of drug-likeness (QED) is 0.916. The predicted molar refractivity (Wildman–Crippen MR) is 85.3 cm³/mol. The summed E-state index contributed by atoms with van der Waals surface area (Å²) in [4.78, 5) is 21.2. The van der Waals surface area contributed by atoms with Crippen LogP contribution in [-0.2, 0) is 0 Å². The number of nitrogens with zero attached hydrogens (tertiary/aromatic N) is 4. The van der Waals surface area contributed by atoms with Crippen LogP contribution in [0.25, 0.3) is 0 Å². The Hall–Kier alpha value is -2.24. The average Bonchev–Trinajstić information content (AvgIpc) is 2.49. The molecule has 1 aliphatic rings. The summed E-state index contributed by atoms with van der Waals surface area (Å²) >= 11 is 0. The fraction of sp³-hybridized carbons (Fsp3) is 0.500. The summed E-state index contributed by atoms with van der Waals surface area (Å²) in [7, 11) is 0. The van der Waals surface area contributed by atoms with Crippen molar-refractivity contribution in [3.63, 3.8) is 0 Å². The van der Waals surface area contributed by atoms with Gasteiger partial charge in [0, 0.05) is 25.1 Å². The van der Waals surface area contributed by atoms with Crippen LogP contribution >= 0.6 is 0 Å². The summed E-state index contributed by atoms with van der Waals surface area (Å²) in [6.07, 6.45) is 3.90. The van der Waals surface area contributed by atoms with Gasteiger partial charge in [-0.25, -0.2) is 4.98 Å². The number of rotatable bonds is 2. The van der Waals surface area contributed by atoms with Gasteiger partial charge in [-0.05, 0) is 44.7 Å². The number of hydrogen-bond donors (Lipinski definition) is 1. The van der Waals surface area contributed by atoms with Crippen molar-refractivity contribution in [2.45, 2.75) is 39.5 Å². The van der Waals surface area contributed by atoms with Crippen molar-refractivity contribution in [3.8, 4) is 0 Å². The van der Waals surface area contributed by atoms with E-state index in [1.165, 1.54) is 5.56 Å². The van der Waals surface area contributed by atoms with Gasteiger partial charge >= 0.3 is 0 Å². The molecule has 0 spiro atoms. The third-order valence-electron chi connectivity index (χ3n) is 4.35.